The third kappa shape index (κ3) is 4.01. The monoisotopic (exact) mass is 447 g/mol. The van der Waals surface area contributed by atoms with Gasteiger partial charge in [0.1, 0.15) is 12.3 Å². The van der Waals surface area contributed by atoms with Crippen LogP contribution in [0.1, 0.15) is 0 Å². The van der Waals surface area contributed by atoms with Gasteiger partial charge in [-0.2, -0.15) is 0 Å². The topological polar surface area (TPSA) is 61.0 Å². The third-order valence-electron chi connectivity index (χ3n) is 3.35. The number of ether oxygens (including phenoxy) is 1. The van der Waals surface area contributed by atoms with Crippen molar-refractivity contribution in [2.45, 2.75) is 0 Å². The molecule has 0 unspecified atom stereocenters. The second-order valence-electron chi connectivity index (χ2n) is 5.06. The lowest BCUT2D eigenvalue weighted by molar-refractivity contribution is 0.314. The summed E-state index contributed by atoms with van der Waals surface area (Å²) in [6, 6.07) is 16.0. The summed E-state index contributed by atoms with van der Waals surface area (Å²) < 4.78 is 7.57. The van der Waals surface area contributed by atoms with Crippen molar-refractivity contribution in [3.63, 3.8) is 0 Å². The first-order valence-electron chi connectivity index (χ1n) is 7.39. The van der Waals surface area contributed by atoms with E-state index in [1.165, 1.54) is 0 Å². The summed E-state index contributed by atoms with van der Waals surface area (Å²) in [5.74, 6) is 0.472. The zero-order valence-electron chi connectivity index (χ0n) is 12.7. The number of nitrogens with two attached hydrogens (primary N) is 1. The van der Waals surface area contributed by atoms with Crippen molar-refractivity contribution in [2.24, 2.45) is 5.73 Å². The second-order valence-corrected chi connectivity index (χ2v) is 6.89. The van der Waals surface area contributed by atoms with Crippen LogP contribution in [-0.2, 0) is 0 Å². The number of aromatic nitrogens is 2. The molecule has 4 nitrogen and oxygen atoms in total. The molecule has 2 N–H and O–H groups in total. The van der Waals surface area contributed by atoms with Gasteiger partial charge in [0.25, 0.3) is 0 Å². The smallest absolute Gasteiger partial charge is 0.232 e. The van der Waals surface area contributed by atoms with E-state index in [4.69, 9.17) is 10.5 Å². The van der Waals surface area contributed by atoms with Crippen LogP contribution in [0.4, 0.5) is 0 Å². The van der Waals surface area contributed by atoms with E-state index >= 15 is 0 Å². The molecule has 0 aliphatic rings. The molecule has 0 fully saturated rings. The van der Waals surface area contributed by atoms with Gasteiger partial charge in [0.15, 0.2) is 0 Å². The minimum absolute atomic E-state index is 0.409. The van der Waals surface area contributed by atoms with Gasteiger partial charge in [-0.1, -0.05) is 56.1 Å². The Hall–Kier alpha value is -1.76. The molecule has 0 saturated heterocycles. The Kier molecular flexibility index (Phi) is 5.60. The third-order valence-corrected chi connectivity index (χ3v) is 4.41. The summed E-state index contributed by atoms with van der Waals surface area (Å²) in [7, 11) is 0. The number of rotatable bonds is 5. The maximum Gasteiger partial charge on any atom is 0.232 e. The molecular formula is C18H15Br2N3O. The highest BCUT2D eigenvalue weighted by Gasteiger charge is 2.13. The molecule has 122 valence electrons. The Balaban J connectivity index is 2.09. The first-order valence-corrected chi connectivity index (χ1v) is 8.98. The maximum absolute atomic E-state index is 5.54. The van der Waals surface area contributed by atoms with E-state index in [2.05, 4.69) is 41.8 Å². The van der Waals surface area contributed by atoms with Crippen LogP contribution in [-0.4, -0.2) is 23.1 Å². The average molecular weight is 449 g/mol. The van der Waals surface area contributed by atoms with Crippen molar-refractivity contribution >= 4 is 31.9 Å². The summed E-state index contributed by atoms with van der Waals surface area (Å²) in [6.45, 7) is 0.843. The molecule has 0 atom stereocenters. The normalized spacial score (nSPS) is 10.6. The van der Waals surface area contributed by atoms with Gasteiger partial charge < -0.3 is 10.5 Å². The highest BCUT2D eigenvalue weighted by Crippen LogP contribution is 2.31. The van der Waals surface area contributed by atoms with Crippen LogP contribution < -0.4 is 10.5 Å². The lowest BCUT2D eigenvalue weighted by Crippen LogP contribution is -2.11. The van der Waals surface area contributed by atoms with E-state index in [0.29, 0.717) is 19.0 Å². The van der Waals surface area contributed by atoms with Crippen LogP contribution in [0.3, 0.4) is 0 Å². The number of halogens is 2. The van der Waals surface area contributed by atoms with Crippen LogP contribution in [0.15, 0.2) is 63.7 Å². The molecule has 1 aromatic heterocycles. The molecule has 0 spiro atoms. The second kappa shape index (κ2) is 7.88. The average Bonchev–Trinajstić information content (AvgIpc) is 2.61. The molecule has 0 aliphatic carbocycles. The largest absolute Gasteiger partial charge is 0.475 e. The van der Waals surface area contributed by atoms with E-state index in [-0.39, 0.29) is 0 Å². The van der Waals surface area contributed by atoms with Crippen LogP contribution in [0.2, 0.25) is 0 Å². The fourth-order valence-electron chi connectivity index (χ4n) is 2.23. The highest BCUT2D eigenvalue weighted by molar-refractivity contribution is 9.10. The zero-order valence-corrected chi connectivity index (χ0v) is 15.9. The standard InChI is InChI=1S/C18H15Br2N3O/c19-14-5-1-12(2-6-14)17-18(13-3-7-15(20)8-4-13)23-16(11-22-17)24-10-9-21/h1-8,11H,9-10,21H2. The van der Waals surface area contributed by atoms with Crippen molar-refractivity contribution in [1.29, 1.82) is 0 Å². The van der Waals surface area contributed by atoms with Gasteiger partial charge in [-0.3, -0.25) is 0 Å². The van der Waals surface area contributed by atoms with Gasteiger partial charge in [0.05, 0.1) is 11.9 Å². The molecule has 0 radical (unpaired) electrons. The number of hydrogen-bond acceptors (Lipinski definition) is 4. The number of hydrogen-bond donors (Lipinski definition) is 1. The van der Waals surface area contributed by atoms with Crippen molar-refractivity contribution in [3.05, 3.63) is 63.7 Å². The van der Waals surface area contributed by atoms with Crippen molar-refractivity contribution in [1.82, 2.24) is 9.97 Å². The summed E-state index contributed by atoms with van der Waals surface area (Å²) in [5, 5.41) is 0. The Morgan fingerprint density at radius 2 is 1.38 bits per heavy atom. The van der Waals surface area contributed by atoms with Gasteiger partial charge >= 0.3 is 0 Å². The van der Waals surface area contributed by atoms with Crippen LogP contribution >= 0.6 is 31.9 Å². The van der Waals surface area contributed by atoms with Crippen molar-refractivity contribution in [3.8, 4) is 28.4 Å². The molecule has 0 bridgehead atoms. The molecule has 24 heavy (non-hydrogen) atoms. The van der Waals surface area contributed by atoms with Crippen molar-refractivity contribution < 1.29 is 4.74 Å². The Morgan fingerprint density at radius 1 is 0.833 bits per heavy atom. The van der Waals surface area contributed by atoms with E-state index < -0.39 is 0 Å². The molecule has 6 heteroatoms. The summed E-state index contributed by atoms with van der Waals surface area (Å²) in [6.07, 6.45) is 1.63. The molecule has 0 saturated carbocycles. The predicted octanol–water partition coefficient (Wildman–Crippen LogP) is 4.67. The summed E-state index contributed by atoms with van der Waals surface area (Å²) in [5.41, 5.74) is 9.05. The van der Waals surface area contributed by atoms with Crippen LogP contribution in [0, 0.1) is 0 Å². The van der Waals surface area contributed by atoms with E-state index in [1.54, 1.807) is 6.20 Å². The Labute approximate surface area is 157 Å². The molecule has 1 heterocycles. The zero-order chi connectivity index (χ0) is 16.9. The lowest BCUT2D eigenvalue weighted by atomic mass is 10.0. The predicted molar refractivity (Wildman–Crippen MR) is 103 cm³/mol. The number of benzene rings is 2. The fraction of sp³-hybridized carbons (Fsp3) is 0.111. The van der Waals surface area contributed by atoms with E-state index in [0.717, 1.165) is 31.5 Å². The molecule has 3 rings (SSSR count). The minimum atomic E-state index is 0.409. The molecule has 2 aromatic carbocycles. The summed E-state index contributed by atoms with van der Waals surface area (Å²) in [4.78, 5) is 9.22. The number of nitrogens with zero attached hydrogens (tertiary/aromatic N) is 2. The van der Waals surface area contributed by atoms with E-state index in [1.807, 2.05) is 48.5 Å². The van der Waals surface area contributed by atoms with Gasteiger partial charge in [-0.05, 0) is 24.3 Å². The lowest BCUT2D eigenvalue weighted by Gasteiger charge is -2.11. The van der Waals surface area contributed by atoms with Gasteiger partial charge in [0.2, 0.25) is 5.88 Å². The first-order chi connectivity index (χ1) is 11.7. The molecule has 3 aromatic rings. The van der Waals surface area contributed by atoms with Gasteiger partial charge in [-0.25, -0.2) is 9.97 Å². The Morgan fingerprint density at radius 3 is 1.92 bits per heavy atom. The minimum Gasteiger partial charge on any atom is -0.475 e. The van der Waals surface area contributed by atoms with Crippen molar-refractivity contribution in [2.75, 3.05) is 13.2 Å². The van der Waals surface area contributed by atoms with Gasteiger partial charge in [0, 0.05) is 26.6 Å². The molecule has 0 aliphatic heterocycles. The molecule has 0 amide bonds. The SMILES string of the molecule is NCCOc1cnc(-c2ccc(Br)cc2)c(-c2ccc(Br)cc2)n1. The molecular weight excluding hydrogens is 434 g/mol. The highest BCUT2D eigenvalue weighted by atomic mass is 79.9. The fourth-order valence-corrected chi connectivity index (χ4v) is 2.76. The Bertz CT molecular complexity index is 821. The first kappa shape index (κ1) is 17.1. The van der Waals surface area contributed by atoms with E-state index in [9.17, 15) is 0 Å². The van der Waals surface area contributed by atoms with Gasteiger partial charge in [-0.15, -0.1) is 0 Å². The maximum atomic E-state index is 5.54. The van der Waals surface area contributed by atoms with Crippen LogP contribution in [0.25, 0.3) is 22.5 Å². The van der Waals surface area contributed by atoms with Crippen LogP contribution in [0.5, 0.6) is 5.88 Å². The summed E-state index contributed by atoms with van der Waals surface area (Å²) >= 11 is 6.91. The quantitative estimate of drug-likeness (QED) is 0.615.